The van der Waals surface area contributed by atoms with Gasteiger partial charge in [-0.1, -0.05) is 41.0 Å². The summed E-state index contributed by atoms with van der Waals surface area (Å²) in [6.45, 7) is 2.55. The molecule has 0 fully saturated rings. The van der Waals surface area contributed by atoms with Crippen LogP contribution < -0.4 is 10.3 Å². The fourth-order valence-corrected chi connectivity index (χ4v) is 6.73. The minimum absolute atomic E-state index is 0.000184. The Morgan fingerprint density at radius 3 is 2.64 bits per heavy atom. The number of thiophene rings is 1. The first-order valence-electron chi connectivity index (χ1n) is 10.9. The molecule has 1 aliphatic carbocycles. The molecule has 2 heterocycles. The quantitative estimate of drug-likeness (QED) is 0.199. The van der Waals surface area contributed by atoms with Gasteiger partial charge in [-0.3, -0.25) is 9.36 Å². The molecule has 0 radical (unpaired) electrons. The molecular weight excluding hydrogens is 495 g/mol. The van der Waals surface area contributed by atoms with E-state index in [-0.39, 0.29) is 5.56 Å². The summed E-state index contributed by atoms with van der Waals surface area (Å²) >= 11 is 15.5. The van der Waals surface area contributed by atoms with Crippen molar-refractivity contribution in [2.75, 3.05) is 6.61 Å². The van der Waals surface area contributed by atoms with Crippen LogP contribution in [-0.2, 0) is 18.6 Å². The number of ether oxygens (including phenoxy) is 1. The van der Waals surface area contributed by atoms with Gasteiger partial charge in [-0.15, -0.1) is 11.3 Å². The van der Waals surface area contributed by atoms with Gasteiger partial charge in [0.25, 0.3) is 5.56 Å². The van der Waals surface area contributed by atoms with E-state index in [4.69, 9.17) is 32.9 Å². The highest BCUT2D eigenvalue weighted by atomic mass is 35.5. The third-order valence-electron chi connectivity index (χ3n) is 5.72. The number of thioether (sulfide) groups is 1. The number of hydrogen-bond donors (Lipinski definition) is 0. The maximum absolute atomic E-state index is 13.9. The normalized spacial score (nSPS) is 13.3. The predicted octanol–water partition coefficient (Wildman–Crippen LogP) is 7.32. The van der Waals surface area contributed by atoms with Crippen molar-refractivity contribution in [2.45, 2.75) is 43.5 Å². The third kappa shape index (κ3) is 4.54. The minimum atomic E-state index is 0.000184. The number of benzene rings is 2. The van der Waals surface area contributed by atoms with Crippen molar-refractivity contribution < 1.29 is 4.74 Å². The van der Waals surface area contributed by atoms with E-state index in [1.807, 2.05) is 43.3 Å². The van der Waals surface area contributed by atoms with Crippen LogP contribution in [-0.4, -0.2) is 16.2 Å². The monoisotopic (exact) mass is 516 g/mol. The van der Waals surface area contributed by atoms with Crippen molar-refractivity contribution in [1.29, 1.82) is 0 Å². The average molecular weight is 518 g/mol. The lowest BCUT2D eigenvalue weighted by Crippen LogP contribution is -2.22. The number of aryl methyl sites for hydroxylation is 2. The highest BCUT2D eigenvalue weighted by molar-refractivity contribution is 7.98. The molecule has 4 aromatic rings. The molecule has 170 valence electrons. The second-order valence-electron chi connectivity index (χ2n) is 7.89. The largest absolute Gasteiger partial charge is 0.494 e. The number of fused-ring (bicyclic) bond motifs is 3. The maximum Gasteiger partial charge on any atom is 0.267 e. The van der Waals surface area contributed by atoms with Gasteiger partial charge in [0.05, 0.1) is 27.7 Å². The molecular formula is C25H22Cl2N2O2S2. The predicted molar refractivity (Wildman–Crippen MR) is 139 cm³/mol. The average Bonchev–Trinajstić information content (AvgIpc) is 3.19. The molecule has 0 aliphatic heterocycles. The number of nitrogens with zero attached hydrogens (tertiary/aromatic N) is 2. The van der Waals surface area contributed by atoms with Gasteiger partial charge < -0.3 is 4.74 Å². The van der Waals surface area contributed by atoms with E-state index in [0.717, 1.165) is 46.5 Å². The summed E-state index contributed by atoms with van der Waals surface area (Å²) in [4.78, 5) is 21.0. The molecule has 0 N–H and O–H groups in total. The van der Waals surface area contributed by atoms with Crippen LogP contribution in [0.2, 0.25) is 10.0 Å². The van der Waals surface area contributed by atoms with Gasteiger partial charge in [-0.2, -0.15) is 0 Å². The third-order valence-corrected chi connectivity index (χ3v) is 8.65. The fraction of sp³-hybridized carbons (Fsp3) is 0.280. The van der Waals surface area contributed by atoms with Gasteiger partial charge in [0.15, 0.2) is 5.16 Å². The second-order valence-corrected chi connectivity index (χ2v) is 10.7. The number of hydrogen-bond acceptors (Lipinski definition) is 5. The van der Waals surface area contributed by atoms with Crippen LogP contribution in [0.25, 0.3) is 15.9 Å². The first-order valence-corrected chi connectivity index (χ1v) is 13.5. The van der Waals surface area contributed by atoms with Crippen molar-refractivity contribution >= 4 is 56.5 Å². The molecule has 0 saturated heterocycles. The number of aromatic nitrogens is 2. The molecule has 5 rings (SSSR count). The van der Waals surface area contributed by atoms with E-state index in [1.54, 1.807) is 22.0 Å². The number of rotatable bonds is 6. The van der Waals surface area contributed by atoms with E-state index in [0.29, 0.717) is 27.6 Å². The Balaban J connectivity index is 1.61. The summed E-state index contributed by atoms with van der Waals surface area (Å²) in [5, 5.41) is 2.50. The van der Waals surface area contributed by atoms with Gasteiger partial charge in [0, 0.05) is 10.6 Å². The molecule has 2 aromatic carbocycles. The van der Waals surface area contributed by atoms with Crippen LogP contribution in [0.5, 0.6) is 5.75 Å². The van der Waals surface area contributed by atoms with E-state index in [2.05, 4.69) is 0 Å². The van der Waals surface area contributed by atoms with Gasteiger partial charge >= 0.3 is 0 Å². The highest BCUT2D eigenvalue weighted by Crippen LogP contribution is 2.36. The fourth-order valence-electron chi connectivity index (χ4n) is 4.15. The van der Waals surface area contributed by atoms with Crippen molar-refractivity contribution in [2.24, 2.45) is 0 Å². The number of halogens is 2. The van der Waals surface area contributed by atoms with Crippen LogP contribution in [0.1, 0.15) is 35.8 Å². The van der Waals surface area contributed by atoms with Crippen molar-refractivity contribution in [3.8, 4) is 11.4 Å². The van der Waals surface area contributed by atoms with Crippen LogP contribution in [0, 0.1) is 0 Å². The zero-order chi connectivity index (χ0) is 22.9. The molecule has 0 spiro atoms. The van der Waals surface area contributed by atoms with Crippen LogP contribution in [0.15, 0.2) is 52.4 Å². The van der Waals surface area contributed by atoms with E-state index >= 15 is 0 Å². The lowest BCUT2D eigenvalue weighted by Gasteiger charge is -2.14. The first kappa shape index (κ1) is 22.8. The zero-order valence-electron chi connectivity index (χ0n) is 18.1. The van der Waals surface area contributed by atoms with Crippen molar-refractivity contribution in [3.05, 3.63) is 78.9 Å². The Kier molecular flexibility index (Phi) is 6.70. The van der Waals surface area contributed by atoms with E-state index in [1.165, 1.54) is 28.6 Å². The molecule has 0 saturated carbocycles. The molecule has 1 aliphatic rings. The SMILES string of the molecule is CCOc1ccc(-n2c(SCc3ccc(Cl)c(Cl)c3)nc3sc4c(c3c2=O)CCCC4)cc1. The molecule has 0 amide bonds. The Morgan fingerprint density at radius 2 is 1.88 bits per heavy atom. The van der Waals surface area contributed by atoms with Gasteiger partial charge in [-0.25, -0.2) is 4.98 Å². The Morgan fingerprint density at radius 1 is 1.09 bits per heavy atom. The minimum Gasteiger partial charge on any atom is -0.494 e. The van der Waals surface area contributed by atoms with E-state index < -0.39 is 0 Å². The maximum atomic E-state index is 13.9. The topological polar surface area (TPSA) is 44.1 Å². The zero-order valence-corrected chi connectivity index (χ0v) is 21.2. The molecule has 0 unspecified atom stereocenters. The lowest BCUT2D eigenvalue weighted by molar-refractivity contribution is 0.340. The molecule has 0 atom stereocenters. The lowest BCUT2D eigenvalue weighted by atomic mass is 9.97. The summed E-state index contributed by atoms with van der Waals surface area (Å²) in [5.41, 5.74) is 3.00. The van der Waals surface area contributed by atoms with Crippen molar-refractivity contribution in [3.63, 3.8) is 0 Å². The molecule has 0 bridgehead atoms. The van der Waals surface area contributed by atoms with E-state index in [9.17, 15) is 4.79 Å². The molecule has 33 heavy (non-hydrogen) atoms. The first-order chi connectivity index (χ1) is 16.0. The highest BCUT2D eigenvalue weighted by Gasteiger charge is 2.23. The Bertz CT molecular complexity index is 1380. The summed E-state index contributed by atoms with van der Waals surface area (Å²) in [6.07, 6.45) is 4.27. The van der Waals surface area contributed by atoms with Gasteiger partial charge in [0.2, 0.25) is 0 Å². The van der Waals surface area contributed by atoms with Crippen LogP contribution in [0.4, 0.5) is 0 Å². The van der Waals surface area contributed by atoms with Gasteiger partial charge in [0.1, 0.15) is 10.6 Å². The molecule has 2 aromatic heterocycles. The Hall–Kier alpha value is -1.99. The van der Waals surface area contributed by atoms with Crippen LogP contribution in [0.3, 0.4) is 0 Å². The summed E-state index contributed by atoms with van der Waals surface area (Å²) < 4.78 is 7.32. The standard InChI is InChI=1S/C25H22Cl2N2O2S2/c1-2-31-17-10-8-16(9-11-17)29-24(30)22-18-5-3-4-6-21(18)33-23(22)28-25(29)32-14-15-7-12-19(26)20(27)13-15/h7-13H,2-6,14H2,1H3. The summed E-state index contributed by atoms with van der Waals surface area (Å²) in [7, 11) is 0. The molecule has 8 heteroatoms. The van der Waals surface area contributed by atoms with Crippen molar-refractivity contribution in [1.82, 2.24) is 9.55 Å². The summed E-state index contributed by atoms with van der Waals surface area (Å²) in [6, 6.07) is 13.2. The smallest absolute Gasteiger partial charge is 0.267 e. The van der Waals surface area contributed by atoms with Gasteiger partial charge in [-0.05, 0) is 80.1 Å². The summed E-state index contributed by atoms with van der Waals surface area (Å²) in [5.74, 6) is 1.40. The Labute approximate surface area is 210 Å². The molecule has 4 nitrogen and oxygen atoms in total. The van der Waals surface area contributed by atoms with Crippen LogP contribution >= 0.6 is 46.3 Å². The second kappa shape index (κ2) is 9.71.